The standard InChI is InChI=1S/C11H22N2O/c1-3-6-13(7-8-14-2)11-5-4-10(11)9-12/h3,10-11H,1,4-9,12H2,2H3. The third-order valence-corrected chi connectivity index (χ3v) is 3.10. The maximum Gasteiger partial charge on any atom is 0.0589 e. The number of nitrogens with two attached hydrogens (primary N) is 1. The summed E-state index contributed by atoms with van der Waals surface area (Å²) in [5.74, 6) is 0.687. The van der Waals surface area contributed by atoms with Gasteiger partial charge in [-0.05, 0) is 25.3 Å². The summed E-state index contributed by atoms with van der Waals surface area (Å²) in [6, 6.07) is 0.660. The van der Waals surface area contributed by atoms with Crippen molar-refractivity contribution in [2.75, 3.05) is 33.4 Å². The zero-order valence-corrected chi connectivity index (χ0v) is 9.11. The Labute approximate surface area is 86.9 Å². The molecule has 1 aliphatic rings. The van der Waals surface area contributed by atoms with Crippen molar-refractivity contribution in [1.29, 1.82) is 0 Å². The minimum absolute atomic E-state index is 0.660. The van der Waals surface area contributed by atoms with Gasteiger partial charge >= 0.3 is 0 Å². The molecule has 2 atom stereocenters. The highest BCUT2D eigenvalue weighted by Crippen LogP contribution is 2.30. The molecule has 14 heavy (non-hydrogen) atoms. The maximum atomic E-state index is 5.70. The van der Waals surface area contributed by atoms with E-state index >= 15 is 0 Å². The number of hydrogen-bond acceptors (Lipinski definition) is 3. The van der Waals surface area contributed by atoms with E-state index in [1.165, 1.54) is 12.8 Å². The lowest BCUT2D eigenvalue weighted by Crippen LogP contribution is -2.50. The van der Waals surface area contributed by atoms with Gasteiger partial charge in [-0.3, -0.25) is 4.90 Å². The minimum Gasteiger partial charge on any atom is -0.383 e. The van der Waals surface area contributed by atoms with E-state index in [0.717, 1.165) is 26.2 Å². The summed E-state index contributed by atoms with van der Waals surface area (Å²) in [6.07, 6.45) is 4.52. The van der Waals surface area contributed by atoms with Gasteiger partial charge in [-0.1, -0.05) is 6.08 Å². The first kappa shape index (κ1) is 11.7. The smallest absolute Gasteiger partial charge is 0.0589 e. The largest absolute Gasteiger partial charge is 0.383 e. The van der Waals surface area contributed by atoms with Crippen LogP contribution in [0.4, 0.5) is 0 Å². The Balaban J connectivity index is 2.36. The average molecular weight is 198 g/mol. The van der Waals surface area contributed by atoms with E-state index in [0.29, 0.717) is 12.0 Å². The fraction of sp³-hybridized carbons (Fsp3) is 0.818. The summed E-state index contributed by atoms with van der Waals surface area (Å²) in [4.78, 5) is 2.43. The molecule has 1 fully saturated rings. The molecule has 0 aromatic heterocycles. The molecule has 1 aliphatic carbocycles. The molecule has 82 valence electrons. The minimum atomic E-state index is 0.660. The van der Waals surface area contributed by atoms with Gasteiger partial charge in [-0.15, -0.1) is 6.58 Å². The van der Waals surface area contributed by atoms with E-state index in [9.17, 15) is 0 Å². The van der Waals surface area contributed by atoms with Crippen LogP contribution in [0.3, 0.4) is 0 Å². The van der Waals surface area contributed by atoms with Gasteiger partial charge in [0.05, 0.1) is 6.61 Å². The molecule has 0 aromatic rings. The second-order valence-electron chi connectivity index (χ2n) is 3.92. The van der Waals surface area contributed by atoms with E-state index in [1.54, 1.807) is 7.11 Å². The lowest BCUT2D eigenvalue weighted by molar-refractivity contribution is 0.0523. The first-order valence-corrected chi connectivity index (χ1v) is 5.37. The third kappa shape index (κ3) is 2.80. The molecule has 3 heteroatoms. The Kier molecular flexibility index (Phi) is 5.15. The quantitative estimate of drug-likeness (QED) is 0.617. The maximum absolute atomic E-state index is 5.70. The van der Waals surface area contributed by atoms with Crippen LogP contribution in [0.1, 0.15) is 12.8 Å². The summed E-state index contributed by atoms with van der Waals surface area (Å²) in [5, 5.41) is 0. The molecule has 0 spiro atoms. The molecule has 3 nitrogen and oxygen atoms in total. The summed E-state index contributed by atoms with van der Waals surface area (Å²) in [7, 11) is 1.74. The van der Waals surface area contributed by atoms with Crippen molar-refractivity contribution in [2.24, 2.45) is 11.7 Å². The van der Waals surface area contributed by atoms with E-state index in [-0.39, 0.29) is 0 Å². The van der Waals surface area contributed by atoms with Gasteiger partial charge in [0, 0.05) is 26.2 Å². The highest BCUT2D eigenvalue weighted by atomic mass is 16.5. The molecular formula is C11H22N2O. The molecule has 0 aromatic carbocycles. The summed E-state index contributed by atoms with van der Waals surface area (Å²) in [6.45, 7) is 7.33. The highest BCUT2D eigenvalue weighted by Gasteiger charge is 2.33. The second-order valence-corrected chi connectivity index (χ2v) is 3.92. The van der Waals surface area contributed by atoms with Crippen molar-refractivity contribution >= 4 is 0 Å². The SMILES string of the molecule is C=CCN(CCOC)C1CCC1CN. The first-order chi connectivity index (χ1) is 6.83. The van der Waals surface area contributed by atoms with Gasteiger partial charge in [0.25, 0.3) is 0 Å². The predicted molar refractivity (Wildman–Crippen MR) is 59.2 cm³/mol. The van der Waals surface area contributed by atoms with Gasteiger partial charge in [0.2, 0.25) is 0 Å². The zero-order valence-electron chi connectivity index (χ0n) is 9.11. The molecule has 0 aliphatic heterocycles. The Morgan fingerprint density at radius 1 is 1.57 bits per heavy atom. The van der Waals surface area contributed by atoms with Gasteiger partial charge in [0.1, 0.15) is 0 Å². The molecule has 0 bridgehead atoms. The molecule has 2 unspecified atom stereocenters. The lowest BCUT2D eigenvalue weighted by atomic mass is 9.78. The van der Waals surface area contributed by atoms with Crippen LogP contribution in [-0.4, -0.2) is 44.3 Å². The third-order valence-electron chi connectivity index (χ3n) is 3.10. The average Bonchev–Trinajstić information content (AvgIpc) is 2.13. The molecule has 2 N–H and O–H groups in total. The number of hydrogen-bond donors (Lipinski definition) is 1. The van der Waals surface area contributed by atoms with Crippen LogP contribution in [0.15, 0.2) is 12.7 Å². The van der Waals surface area contributed by atoms with Crippen LogP contribution >= 0.6 is 0 Å². The molecule has 0 amide bonds. The van der Waals surface area contributed by atoms with Crippen LogP contribution < -0.4 is 5.73 Å². The van der Waals surface area contributed by atoms with Crippen LogP contribution in [0.25, 0.3) is 0 Å². The lowest BCUT2D eigenvalue weighted by Gasteiger charge is -2.43. The summed E-state index contributed by atoms with van der Waals surface area (Å²) >= 11 is 0. The fourth-order valence-corrected chi connectivity index (χ4v) is 2.07. The van der Waals surface area contributed by atoms with E-state index in [2.05, 4.69) is 11.5 Å². The highest BCUT2D eigenvalue weighted by molar-refractivity contribution is 4.91. The van der Waals surface area contributed by atoms with E-state index < -0.39 is 0 Å². The fourth-order valence-electron chi connectivity index (χ4n) is 2.07. The Bertz CT molecular complexity index is 171. The first-order valence-electron chi connectivity index (χ1n) is 5.37. The van der Waals surface area contributed by atoms with Gasteiger partial charge < -0.3 is 10.5 Å². The van der Waals surface area contributed by atoms with Crippen LogP contribution in [0, 0.1) is 5.92 Å². The monoisotopic (exact) mass is 198 g/mol. The normalized spacial score (nSPS) is 26.2. The molecule has 1 rings (SSSR count). The van der Waals surface area contributed by atoms with Gasteiger partial charge in [-0.25, -0.2) is 0 Å². The van der Waals surface area contributed by atoms with Crippen molar-refractivity contribution in [3.05, 3.63) is 12.7 Å². The number of rotatable bonds is 7. The molecular weight excluding hydrogens is 176 g/mol. The molecule has 0 radical (unpaired) electrons. The Morgan fingerprint density at radius 3 is 2.79 bits per heavy atom. The topological polar surface area (TPSA) is 38.5 Å². The summed E-state index contributed by atoms with van der Waals surface area (Å²) in [5.41, 5.74) is 5.70. The van der Waals surface area contributed by atoms with Crippen molar-refractivity contribution < 1.29 is 4.74 Å². The van der Waals surface area contributed by atoms with Crippen molar-refractivity contribution in [2.45, 2.75) is 18.9 Å². The second kappa shape index (κ2) is 6.17. The molecule has 0 heterocycles. The Morgan fingerprint density at radius 2 is 2.36 bits per heavy atom. The summed E-state index contributed by atoms with van der Waals surface area (Å²) < 4.78 is 5.10. The van der Waals surface area contributed by atoms with Crippen LogP contribution in [0.5, 0.6) is 0 Å². The number of nitrogens with zero attached hydrogens (tertiary/aromatic N) is 1. The van der Waals surface area contributed by atoms with E-state index in [4.69, 9.17) is 10.5 Å². The van der Waals surface area contributed by atoms with E-state index in [1.807, 2.05) is 6.08 Å². The zero-order chi connectivity index (χ0) is 10.4. The number of methoxy groups -OCH3 is 1. The van der Waals surface area contributed by atoms with Gasteiger partial charge in [0.15, 0.2) is 0 Å². The van der Waals surface area contributed by atoms with Crippen LogP contribution in [-0.2, 0) is 4.74 Å². The molecule has 1 saturated carbocycles. The van der Waals surface area contributed by atoms with Crippen molar-refractivity contribution in [3.8, 4) is 0 Å². The number of ether oxygens (including phenoxy) is 1. The molecule has 0 saturated heterocycles. The van der Waals surface area contributed by atoms with Crippen molar-refractivity contribution in [3.63, 3.8) is 0 Å². The van der Waals surface area contributed by atoms with Gasteiger partial charge in [-0.2, -0.15) is 0 Å². The Hall–Kier alpha value is -0.380. The van der Waals surface area contributed by atoms with Crippen molar-refractivity contribution in [1.82, 2.24) is 4.90 Å². The van der Waals surface area contributed by atoms with Crippen LogP contribution in [0.2, 0.25) is 0 Å². The predicted octanol–water partition coefficient (Wildman–Crippen LogP) is 0.858.